The molecule has 1 aliphatic heterocycles. The second-order valence-electron chi connectivity index (χ2n) is 7.44. The van der Waals surface area contributed by atoms with E-state index in [1.807, 2.05) is 0 Å². The first-order valence-corrected chi connectivity index (χ1v) is 11.7. The predicted molar refractivity (Wildman–Crippen MR) is 116 cm³/mol. The summed E-state index contributed by atoms with van der Waals surface area (Å²) in [7, 11) is -3.52. The van der Waals surface area contributed by atoms with E-state index in [1.165, 1.54) is 16.4 Å². The van der Waals surface area contributed by atoms with Gasteiger partial charge in [0.1, 0.15) is 5.75 Å². The van der Waals surface area contributed by atoms with Crippen LogP contribution in [0.4, 0.5) is 0 Å². The topological polar surface area (TPSA) is 116 Å². The molecule has 2 amide bonds. The lowest BCUT2D eigenvalue weighted by molar-refractivity contribution is -0.126. The quantitative estimate of drug-likeness (QED) is 0.535. The van der Waals surface area contributed by atoms with Crippen LogP contribution < -0.4 is 10.6 Å². The summed E-state index contributed by atoms with van der Waals surface area (Å²) in [6.07, 6.45) is 1.52. The van der Waals surface area contributed by atoms with Gasteiger partial charge < -0.3 is 15.7 Å². The van der Waals surface area contributed by atoms with Gasteiger partial charge in [-0.3, -0.25) is 9.59 Å². The number of aromatic hydroxyl groups is 1. The number of nitrogens with one attached hydrogen (secondary N) is 2. The van der Waals surface area contributed by atoms with Crippen molar-refractivity contribution in [2.75, 3.05) is 26.2 Å². The fraction of sp³-hybridized carbons (Fsp3) is 0.364. The summed E-state index contributed by atoms with van der Waals surface area (Å²) in [6.45, 7) is 1.44. The molecule has 0 radical (unpaired) electrons. The Bertz CT molecular complexity index is 1000. The number of hydrogen-bond acceptors (Lipinski definition) is 5. The molecule has 0 saturated carbocycles. The molecule has 166 valence electrons. The first-order chi connectivity index (χ1) is 14.9. The van der Waals surface area contributed by atoms with E-state index in [2.05, 4.69) is 10.6 Å². The summed E-state index contributed by atoms with van der Waals surface area (Å²) in [5, 5.41) is 15.0. The Morgan fingerprint density at radius 1 is 0.968 bits per heavy atom. The summed E-state index contributed by atoms with van der Waals surface area (Å²) in [5.74, 6) is -0.558. The predicted octanol–water partition coefficient (Wildman–Crippen LogP) is 1.73. The Morgan fingerprint density at radius 2 is 1.65 bits per heavy atom. The number of rotatable bonds is 8. The minimum absolute atomic E-state index is 0.0301. The Balaban J connectivity index is 1.36. The van der Waals surface area contributed by atoms with E-state index in [4.69, 9.17) is 0 Å². The van der Waals surface area contributed by atoms with Gasteiger partial charge in [-0.05, 0) is 49.6 Å². The van der Waals surface area contributed by atoms with Gasteiger partial charge in [-0.1, -0.05) is 24.3 Å². The molecule has 0 unspecified atom stereocenters. The fourth-order valence-corrected chi connectivity index (χ4v) is 4.99. The lowest BCUT2D eigenvalue weighted by Gasteiger charge is -2.30. The zero-order valence-corrected chi connectivity index (χ0v) is 18.0. The third-order valence-electron chi connectivity index (χ3n) is 5.25. The number of amides is 2. The number of phenolic OH excluding ortho intramolecular Hbond substituents is 1. The zero-order valence-electron chi connectivity index (χ0n) is 17.2. The van der Waals surface area contributed by atoms with Crippen molar-refractivity contribution in [2.24, 2.45) is 5.92 Å². The van der Waals surface area contributed by atoms with E-state index in [-0.39, 0.29) is 28.4 Å². The van der Waals surface area contributed by atoms with Crippen molar-refractivity contribution >= 4 is 21.8 Å². The Labute approximate surface area is 182 Å². The van der Waals surface area contributed by atoms with E-state index in [0.29, 0.717) is 51.0 Å². The van der Waals surface area contributed by atoms with Gasteiger partial charge in [0.25, 0.3) is 5.91 Å². The lowest BCUT2D eigenvalue weighted by atomic mass is 9.97. The fourth-order valence-electron chi connectivity index (χ4n) is 3.50. The third-order valence-corrected chi connectivity index (χ3v) is 7.17. The average Bonchev–Trinajstić information content (AvgIpc) is 2.79. The van der Waals surface area contributed by atoms with Crippen LogP contribution in [-0.4, -0.2) is 55.8 Å². The van der Waals surface area contributed by atoms with Crippen molar-refractivity contribution in [2.45, 2.75) is 24.2 Å². The van der Waals surface area contributed by atoms with Crippen molar-refractivity contribution in [3.63, 3.8) is 0 Å². The van der Waals surface area contributed by atoms with Gasteiger partial charge in [0, 0.05) is 37.7 Å². The van der Waals surface area contributed by atoms with Crippen LogP contribution in [0.25, 0.3) is 0 Å². The number of nitrogens with zero attached hydrogens (tertiary/aromatic N) is 1. The van der Waals surface area contributed by atoms with Crippen molar-refractivity contribution < 1.29 is 23.1 Å². The van der Waals surface area contributed by atoms with Crippen LogP contribution in [0.1, 0.15) is 29.6 Å². The molecule has 3 N–H and O–H groups in total. The Hall–Kier alpha value is -2.91. The van der Waals surface area contributed by atoms with Crippen LogP contribution in [0.5, 0.6) is 5.75 Å². The molecule has 9 heteroatoms. The number of piperidine rings is 1. The second kappa shape index (κ2) is 10.4. The normalized spacial score (nSPS) is 15.4. The zero-order chi connectivity index (χ0) is 22.3. The molecule has 0 atom stereocenters. The molecule has 1 aliphatic rings. The number of benzene rings is 2. The maximum absolute atomic E-state index is 12.7. The molecule has 8 nitrogen and oxygen atoms in total. The summed E-state index contributed by atoms with van der Waals surface area (Å²) in [4.78, 5) is 24.6. The van der Waals surface area contributed by atoms with Crippen LogP contribution in [0.15, 0.2) is 59.5 Å². The molecule has 0 spiro atoms. The van der Waals surface area contributed by atoms with E-state index >= 15 is 0 Å². The van der Waals surface area contributed by atoms with E-state index in [9.17, 15) is 23.1 Å². The van der Waals surface area contributed by atoms with Gasteiger partial charge in [0.2, 0.25) is 15.9 Å². The van der Waals surface area contributed by atoms with Gasteiger partial charge >= 0.3 is 0 Å². The van der Waals surface area contributed by atoms with E-state index < -0.39 is 10.0 Å². The highest BCUT2D eigenvalue weighted by molar-refractivity contribution is 7.89. The first-order valence-electron chi connectivity index (χ1n) is 10.3. The summed E-state index contributed by atoms with van der Waals surface area (Å²) < 4.78 is 26.8. The van der Waals surface area contributed by atoms with Gasteiger partial charge in [-0.2, -0.15) is 4.31 Å². The van der Waals surface area contributed by atoms with Gasteiger partial charge in [-0.25, -0.2) is 8.42 Å². The van der Waals surface area contributed by atoms with Gasteiger partial charge in [0.05, 0.1) is 4.90 Å². The van der Waals surface area contributed by atoms with Crippen molar-refractivity contribution in [1.29, 1.82) is 0 Å². The minimum Gasteiger partial charge on any atom is -0.508 e. The van der Waals surface area contributed by atoms with Crippen LogP contribution in [-0.2, 0) is 14.8 Å². The summed E-state index contributed by atoms with van der Waals surface area (Å²) in [5.41, 5.74) is 0.376. The standard InChI is InChI=1S/C22H27N3O5S/c26-19-7-4-6-18(16-19)22(28)24-13-5-12-23-21(27)17-10-14-25(15-11-17)31(29,30)20-8-2-1-3-9-20/h1-4,6-9,16-17,26H,5,10-15H2,(H,23,27)(H,24,28). The van der Waals surface area contributed by atoms with Crippen LogP contribution in [0.2, 0.25) is 0 Å². The van der Waals surface area contributed by atoms with E-state index in [0.717, 1.165) is 0 Å². The molecule has 3 rings (SSSR count). The minimum atomic E-state index is -3.52. The number of sulfonamides is 1. The molecular weight excluding hydrogens is 418 g/mol. The molecule has 0 bridgehead atoms. The van der Waals surface area contributed by atoms with Gasteiger partial charge in [0.15, 0.2) is 0 Å². The van der Waals surface area contributed by atoms with Gasteiger partial charge in [-0.15, -0.1) is 0 Å². The highest BCUT2D eigenvalue weighted by Gasteiger charge is 2.31. The van der Waals surface area contributed by atoms with Crippen LogP contribution >= 0.6 is 0 Å². The number of hydrogen-bond donors (Lipinski definition) is 3. The maximum atomic E-state index is 12.7. The second-order valence-corrected chi connectivity index (χ2v) is 9.38. The van der Waals surface area contributed by atoms with Crippen molar-refractivity contribution in [3.05, 3.63) is 60.2 Å². The molecule has 1 heterocycles. The summed E-state index contributed by atoms with van der Waals surface area (Å²) in [6, 6.07) is 14.4. The highest BCUT2D eigenvalue weighted by atomic mass is 32.2. The molecule has 2 aromatic carbocycles. The summed E-state index contributed by atoms with van der Waals surface area (Å²) >= 11 is 0. The number of phenols is 1. The highest BCUT2D eigenvalue weighted by Crippen LogP contribution is 2.23. The number of carbonyl (C=O) groups excluding carboxylic acids is 2. The third kappa shape index (κ3) is 6.05. The molecular formula is C22H27N3O5S. The lowest BCUT2D eigenvalue weighted by Crippen LogP contribution is -2.43. The molecule has 1 saturated heterocycles. The first kappa shape index (κ1) is 22.8. The Morgan fingerprint density at radius 3 is 2.32 bits per heavy atom. The smallest absolute Gasteiger partial charge is 0.251 e. The molecule has 31 heavy (non-hydrogen) atoms. The van der Waals surface area contributed by atoms with Crippen LogP contribution in [0, 0.1) is 5.92 Å². The average molecular weight is 446 g/mol. The van der Waals surface area contributed by atoms with Crippen LogP contribution in [0.3, 0.4) is 0 Å². The molecule has 2 aromatic rings. The number of carbonyl (C=O) groups is 2. The van der Waals surface area contributed by atoms with Crippen molar-refractivity contribution in [1.82, 2.24) is 14.9 Å². The molecule has 1 fully saturated rings. The molecule has 0 aromatic heterocycles. The Kier molecular flexibility index (Phi) is 7.64. The largest absolute Gasteiger partial charge is 0.508 e. The SMILES string of the molecule is O=C(NCCCNC(=O)C1CCN(S(=O)(=O)c2ccccc2)CC1)c1cccc(O)c1. The van der Waals surface area contributed by atoms with E-state index in [1.54, 1.807) is 42.5 Å². The van der Waals surface area contributed by atoms with Crippen molar-refractivity contribution in [3.8, 4) is 5.75 Å². The monoisotopic (exact) mass is 445 g/mol. The maximum Gasteiger partial charge on any atom is 0.251 e. The molecule has 0 aliphatic carbocycles.